The summed E-state index contributed by atoms with van der Waals surface area (Å²) in [6, 6.07) is 23.7. The quantitative estimate of drug-likeness (QED) is 0.286. The molecule has 0 radical (unpaired) electrons. The predicted molar refractivity (Wildman–Crippen MR) is 139 cm³/mol. The van der Waals surface area contributed by atoms with Gasteiger partial charge in [-0.2, -0.15) is 0 Å². The van der Waals surface area contributed by atoms with Gasteiger partial charge >= 0.3 is 23.8 Å². The van der Waals surface area contributed by atoms with E-state index in [4.69, 9.17) is 10.2 Å². The fourth-order valence-electron chi connectivity index (χ4n) is 2.69. The second-order valence-electron chi connectivity index (χ2n) is 7.42. The highest BCUT2D eigenvalue weighted by Crippen LogP contribution is 1.98. The SMILES string of the molecule is O=C(NCc1ccncc1)C(=O)NCc1ccncc1.O=C(O)c1ccccc1.O=C(O)c1ccccc1. The molecule has 0 saturated carbocycles. The van der Waals surface area contributed by atoms with Crippen molar-refractivity contribution < 1.29 is 29.4 Å². The monoisotopic (exact) mass is 514 g/mol. The Balaban J connectivity index is 0.000000232. The second-order valence-corrected chi connectivity index (χ2v) is 7.42. The zero-order valence-corrected chi connectivity index (χ0v) is 20.2. The topological polar surface area (TPSA) is 159 Å². The molecule has 38 heavy (non-hydrogen) atoms. The van der Waals surface area contributed by atoms with Gasteiger partial charge in [0.2, 0.25) is 0 Å². The molecular formula is C28H26N4O6. The van der Waals surface area contributed by atoms with Crippen molar-refractivity contribution in [2.24, 2.45) is 0 Å². The number of carboxylic acid groups (broad SMARTS) is 2. The van der Waals surface area contributed by atoms with Gasteiger partial charge in [-0.1, -0.05) is 36.4 Å². The van der Waals surface area contributed by atoms with E-state index in [0.717, 1.165) is 11.1 Å². The Kier molecular flexibility index (Phi) is 12.4. The summed E-state index contributed by atoms with van der Waals surface area (Å²) in [5.74, 6) is -3.07. The predicted octanol–water partition coefficient (Wildman–Crippen LogP) is 3.18. The Hall–Kier alpha value is -5.38. The van der Waals surface area contributed by atoms with Crippen LogP contribution in [0.4, 0.5) is 0 Å². The van der Waals surface area contributed by atoms with E-state index in [1.54, 1.807) is 110 Å². The Morgan fingerprint density at radius 1 is 0.526 bits per heavy atom. The first kappa shape index (κ1) is 28.9. The molecule has 0 unspecified atom stereocenters. The molecule has 10 heteroatoms. The molecule has 0 saturated heterocycles. The lowest BCUT2D eigenvalue weighted by Crippen LogP contribution is -2.39. The molecule has 2 aromatic heterocycles. The average Bonchev–Trinajstić information content (AvgIpc) is 2.97. The number of nitrogens with one attached hydrogen (secondary N) is 2. The van der Waals surface area contributed by atoms with Gasteiger partial charge in [0, 0.05) is 37.9 Å². The van der Waals surface area contributed by atoms with E-state index in [9.17, 15) is 19.2 Å². The summed E-state index contributed by atoms with van der Waals surface area (Å²) in [5.41, 5.74) is 2.43. The molecule has 0 aliphatic carbocycles. The fraction of sp³-hybridized carbons (Fsp3) is 0.0714. The van der Waals surface area contributed by atoms with Crippen molar-refractivity contribution in [2.75, 3.05) is 0 Å². The van der Waals surface area contributed by atoms with Gasteiger partial charge in [0.1, 0.15) is 0 Å². The zero-order valence-electron chi connectivity index (χ0n) is 20.2. The van der Waals surface area contributed by atoms with E-state index in [-0.39, 0.29) is 0 Å². The number of nitrogens with zero attached hydrogens (tertiary/aromatic N) is 2. The van der Waals surface area contributed by atoms with E-state index in [1.807, 2.05) is 0 Å². The van der Waals surface area contributed by atoms with Crippen molar-refractivity contribution in [1.82, 2.24) is 20.6 Å². The van der Waals surface area contributed by atoms with Gasteiger partial charge < -0.3 is 20.8 Å². The maximum absolute atomic E-state index is 11.6. The van der Waals surface area contributed by atoms with Crippen LogP contribution in [-0.2, 0) is 22.7 Å². The van der Waals surface area contributed by atoms with Gasteiger partial charge in [0.15, 0.2) is 0 Å². The number of amides is 2. The lowest BCUT2D eigenvalue weighted by molar-refractivity contribution is -0.139. The van der Waals surface area contributed by atoms with Crippen LogP contribution >= 0.6 is 0 Å². The number of benzene rings is 2. The highest BCUT2D eigenvalue weighted by molar-refractivity contribution is 6.35. The summed E-state index contributed by atoms with van der Waals surface area (Å²) in [7, 11) is 0. The summed E-state index contributed by atoms with van der Waals surface area (Å²) in [4.78, 5) is 51.3. The molecule has 2 aromatic carbocycles. The first-order chi connectivity index (χ1) is 18.4. The number of aromatic carboxylic acids is 2. The van der Waals surface area contributed by atoms with Crippen molar-refractivity contribution in [1.29, 1.82) is 0 Å². The second kappa shape index (κ2) is 16.3. The number of aromatic nitrogens is 2. The number of hydrogen-bond donors (Lipinski definition) is 4. The van der Waals surface area contributed by atoms with Crippen molar-refractivity contribution in [2.45, 2.75) is 13.1 Å². The molecule has 0 fully saturated rings. The number of carbonyl (C=O) groups excluding carboxylic acids is 2. The Labute approximate surface area is 219 Å². The molecule has 194 valence electrons. The minimum atomic E-state index is -0.879. The number of carbonyl (C=O) groups is 4. The van der Waals surface area contributed by atoms with Gasteiger partial charge in [-0.05, 0) is 59.7 Å². The van der Waals surface area contributed by atoms with Crippen LogP contribution in [0.5, 0.6) is 0 Å². The first-order valence-electron chi connectivity index (χ1n) is 11.3. The van der Waals surface area contributed by atoms with Crippen molar-refractivity contribution in [3.05, 3.63) is 132 Å². The minimum Gasteiger partial charge on any atom is -0.478 e. The van der Waals surface area contributed by atoms with Crippen LogP contribution in [0.15, 0.2) is 110 Å². The van der Waals surface area contributed by atoms with Crippen molar-refractivity contribution in [3.8, 4) is 0 Å². The first-order valence-corrected chi connectivity index (χ1v) is 11.3. The van der Waals surface area contributed by atoms with Crippen LogP contribution in [0.1, 0.15) is 31.8 Å². The summed E-state index contributed by atoms with van der Waals surface area (Å²) in [6.07, 6.45) is 6.52. The van der Waals surface area contributed by atoms with E-state index in [2.05, 4.69) is 20.6 Å². The standard InChI is InChI=1S/C14H14N4O2.2C7H6O2/c19-13(17-9-11-1-5-15-6-2-11)14(20)18-10-12-3-7-16-8-4-12;2*8-7(9)6-4-2-1-3-5-6/h1-8H,9-10H2,(H,17,19)(H,18,20);2*1-5H,(H,8,9). The summed E-state index contributed by atoms with van der Waals surface area (Å²) in [6.45, 7) is 0.591. The number of pyridine rings is 2. The van der Waals surface area contributed by atoms with E-state index >= 15 is 0 Å². The Morgan fingerprint density at radius 2 is 0.842 bits per heavy atom. The normalized spacial score (nSPS) is 9.37. The summed E-state index contributed by atoms with van der Waals surface area (Å²) < 4.78 is 0. The number of carboxylic acids is 2. The average molecular weight is 515 g/mol. The van der Waals surface area contributed by atoms with Gasteiger partial charge in [-0.25, -0.2) is 9.59 Å². The van der Waals surface area contributed by atoms with Crippen LogP contribution < -0.4 is 10.6 Å². The van der Waals surface area contributed by atoms with E-state index in [0.29, 0.717) is 24.2 Å². The molecule has 4 rings (SSSR count). The number of rotatable bonds is 6. The molecule has 0 aliphatic rings. The van der Waals surface area contributed by atoms with Crippen LogP contribution in [0.25, 0.3) is 0 Å². The highest BCUT2D eigenvalue weighted by Gasteiger charge is 2.12. The molecule has 0 aliphatic heterocycles. The van der Waals surface area contributed by atoms with Crippen molar-refractivity contribution in [3.63, 3.8) is 0 Å². The molecule has 2 amide bonds. The van der Waals surface area contributed by atoms with Gasteiger partial charge in [0.05, 0.1) is 11.1 Å². The summed E-state index contributed by atoms with van der Waals surface area (Å²) >= 11 is 0. The lowest BCUT2D eigenvalue weighted by atomic mass is 10.2. The fourth-order valence-corrected chi connectivity index (χ4v) is 2.69. The Morgan fingerprint density at radius 3 is 1.11 bits per heavy atom. The molecule has 0 bridgehead atoms. The van der Waals surface area contributed by atoms with Crippen LogP contribution in [0.3, 0.4) is 0 Å². The van der Waals surface area contributed by atoms with Crippen LogP contribution in [0.2, 0.25) is 0 Å². The van der Waals surface area contributed by atoms with Crippen LogP contribution in [0, 0.1) is 0 Å². The van der Waals surface area contributed by atoms with Crippen LogP contribution in [-0.4, -0.2) is 43.9 Å². The smallest absolute Gasteiger partial charge is 0.335 e. The molecule has 10 nitrogen and oxygen atoms in total. The van der Waals surface area contributed by atoms with Gasteiger partial charge in [0.25, 0.3) is 0 Å². The van der Waals surface area contributed by atoms with Gasteiger partial charge in [-0.15, -0.1) is 0 Å². The van der Waals surface area contributed by atoms with E-state index < -0.39 is 23.8 Å². The third kappa shape index (κ3) is 11.4. The zero-order chi connectivity index (χ0) is 27.6. The Bertz CT molecular complexity index is 1190. The maximum Gasteiger partial charge on any atom is 0.335 e. The highest BCUT2D eigenvalue weighted by atomic mass is 16.4. The minimum absolute atomic E-state index is 0.296. The lowest BCUT2D eigenvalue weighted by Gasteiger charge is -2.06. The molecule has 2 heterocycles. The third-order valence-electron chi connectivity index (χ3n) is 4.65. The maximum atomic E-state index is 11.6. The van der Waals surface area contributed by atoms with Crippen molar-refractivity contribution >= 4 is 23.8 Å². The molecule has 4 N–H and O–H groups in total. The number of hydrogen-bond acceptors (Lipinski definition) is 6. The largest absolute Gasteiger partial charge is 0.478 e. The molecule has 0 atom stereocenters. The molecule has 4 aromatic rings. The van der Waals surface area contributed by atoms with E-state index in [1.165, 1.54) is 0 Å². The molecule has 0 spiro atoms. The molecular weight excluding hydrogens is 488 g/mol. The third-order valence-corrected chi connectivity index (χ3v) is 4.65. The summed E-state index contributed by atoms with van der Waals surface area (Å²) in [5, 5.41) is 21.9. The van der Waals surface area contributed by atoms with Gasteiger partial charge in [-0.3, -0.25) is 19.6 Å².